The van der Waals surface area contributed by atoms with Crippen molar-refractivity contribution in [2.75, 3.05) is 19.5 Å². The van der Waals surface area contributed by atoms with Gasteiger partial charge in [0.25, 0.3) is 0 Å². The molecule has 2 amide bonds. The minimum Gasteiger partial charge on any atom is -0.493 e. The summed E-state index contributed by atoms with van der Waals surface area (Å²) in [5.74, 6) is -0.623. The second-order valence-electron chi connectivity index (χ2n) is 4.10. The number of ether oxygens (including phenoxy) is 2. The molecule has 120 valence electrons. The highest BCUT2D eigenvalue weighted by atomic mass is 32.1. The molecule has 0 bridgehead atoms. The Labute approximate surface area is 136 Å². The molecule has 0 saturated heterocycles. The van der Waals surface area contributed by atoms with Gasteiger partial charge in [-0.1, -0.05) is 0 Å². The second-order valence-corrected chi connectivity index (χ2v) is 5.00. The van der Waals surface area contributed by atoms with E-state index < -0.39 is 11.8 Å². The molecule has 2 rings (SSSR count). The lowest BCUT2D eigenvalue weighted by molar-refractivity contribution is -0.136. The third kappa shape index (κ3) is 4.51. The van der Waals surface area contributed by atoms with Crippen molar-refractivity contribution in [1.29, 1.82) is 0 Å². The highest BCUT2D eigenvalue weighted by Gasteiger charge is 2.13. The third-order valence-corrected chi connectivity index (χ3v) is 3.33. The lowest BCUT2D eigenvalue weighted by Crippen LogP contribution is -2.32. The lowest BCUT2D eigenvalue weighted by atomic mass is 10.2. The van der Waals surface area contributed by atoms with Gasteiger partial charge in [0.2, 0.25) is 0 Å². The van der Waals surface area contributed by atoms with Gasteiger partial charge in [-0.05, 0) is 23.8 Å². The molecule has 9 heteroatoms. The molecule has 0 spiro atoms. The molecule has 2 aromatic rings. The summed E-state index contributed by atoms with van der Waals surface area (Å²) in [5, 5.41) is 8.10. The first-order valence-electron chi connectivity index (χ1n) is 6.40. The first kappa shape index (κ1) is 16.4. The number of carbonyl (C=O) groups excluding carboxylic acids is 2. The number of hydrogen-bond acceptors (Lipinski definition) is 7. The average Bonchev–Trinajstić information content (AvgIpc) is 3.07. The van der Waals surface area contributed by atoms with Gasteiger partial charge in [0.1, 0.15) is 0 Å². The molecule has 0 aliphatic rings. The van der Waals surface area contributed by atoms with E-state index >= 15 is 0 Å². The first-order chi connectivity index (χ1) is 11.1. The fourth-order valence-electron chi connectivity index (χ4n) is 1.59. The molecule has 0 saturated carbocycles. The number of nitrogens with one attached hydrogen (secondary N) is 2. The van der Waals surface area contributed by atoms with Crippen LogP contribution < -0.4 is 20.2 Å². The zero-order valence-corrected chi connectivity index (χ0v) is 13.2. The largest absolute Gasteiger partial charge is 0.493 e. The van der Waals surface area contributed by atoms with Crippen molar-refractivity contribution in [1.82, 2.24) is 10.4 Å². The van der Waals surface area contributed by atoms with E-state index in [9.17, 15) is 9.59 Å². The zero-order chi connectivity index (χ0) is 16.7. The molecule has 0 aliphatic heterocycles. The number of amides is 2. The molecule has 1 heterocycles. The summed E-state index contributed by atoms with van der Waals surface area (Å²) in [5.41, 5.74) is 2.80. The van der Waals surface area contributed by atoms with E-state index in [1.54, 1.807) is 23.6 Å². The maximum absolute atomic E-state index is 11.6. The number of benzene rings is 1. The highest BCUT2D eigenvalue weighted by molar-refractivity contribution is 7.13. The van der Waals surface area contributed by atoms with Gasteiger partial charge in [-0.25, -0.2) is 10.4 Å². The van der Waals surface area contributed by atoms with E-state index in [4.69, 9.17) is 9.47 Å². The number of aromatic nitrogens is 1. The fourth-order valence-corrected chi connectivity index (χ4v) is 2.11. The van der Waals surface area contributed by atoms with Crippen molar-refractivity contribution in [3.63, 3.8) is 0 Å². The first-order valence-corrected chi connectivity index (χ1v) is 7.28. The Morgan fingerprint density at radius 2 is 2.00 bits per heavy atom. The molecule has 8 nitrogen and oxygen atoms in total. The van der Waals surface area contributed by atoms with Crippen molar-refractivity contribution in [3.05, 3.63) is 35.3 Å². The van der Waals surface area contributed by atoms with Crippen molar-refractivity contribution in [2.24, 2.45) is 5.10 Å². The number of hydrogen-bond donors (Lipinski definition) is 2. The minimum atomic E-state index is -0.892. The van der Waals surface area contributed by atoms with Crippen LogP contribution >= 0.6 is 11.3 Å². The van der Waals surface area contributed by atoms with Crippen LogP contribution in [-0.2, 0) is 9.59 Å². The molecule has 0 atom stereocenters. The van der Waals surface area contributed by atoms with E-state index in [2.05, 4.69) is 20.8 Å². The van der Waals surface area contributed by atoms with Crippen LogP contribution in [-0.4, -0.2) is 37.2 Å². The van der Waals surface area contributed by atoms with Crippen molar-refractivity contribution >= 4 is 34.5 Å². The van der Waals surface area contributed by atoms with Gasteiger partial charge < -0.3 is 9.47 Å². The summed E-state index contributed by atoms with van der Waals surface area (Å²) in [4.78, 5) is 27.0. The molecule has 1 aromatic heterocycles. The van der Waals surface area contributed by atoms with Crippen LogP contribution in [0.25, 0.3) is 0 Å². The summed E-state index contributed by atoms with van der Waals surface area (Å²) in [6.45, 7) is 0. The average molecular weight is 334 g/mol. The molecular formula is C14H14N4O4S. The maximum Gasteiger partial charge on any atom is 0.329 e. The maximum atomic E-state index is 11.6. The second kappa shape index (κ2) is 7.90. The van der Waals surface area contributed by atoms with Crippen LogP contribution in [0.4, 0.5) is 5.13 Å². The number of methoxy groups -OCH3 is 2. The van der Waals surface area contributed by atoms with Crippen LogP contribution in [0.2, 0.25) is 0 Å². The zero-order valence-electron chi connectivity index (χ0n) is 12.4. The summed E-state index contributed by atoms with van der Waals surface area (Å²) < 4.78 is 10.3. The third-order valence-electron chi connectivity index (χ3n) is 2.65. The molecule has 2 N–H and O–H groups in total. The van der Waals surface area contributed by atoms with Crippen LogP contribution in [0.3, 0.4) is 0 Å². The summed E-state index contributed by atoms with van der Waals surface area (Å²) in [6.07, 6.45) is 2.91. The van der Waals surface area contributed by atoms with Gasteiger partial charge in [0.05, 0.1) is 20.4 Å². The Bertz CT molecular complexity index is 716. The SMILES string of the molecule is COc1ccc(/C=N\NC(=O)C(=O)Nc2nccs2)cc1OC. The normalized spacial score (nSPS) is 10.3. The van der Waals surface area contributed by atoms with E-state index in [0.29, 0.717) is 22.2 Å². The van der Waals surface area contributed by atoms with Gasteiger partial charge >= 0.3 is 11.8 Å². The van der Waals surface area contributed by atoms with Crippen LogP contribution in [0.15, 0.2) is 34.9 Å². The number of thiazole rings is 1. The number of rotatable bonds is 5. The monoisotopic (exact) mass is 334 g/mol. The smallest absolute Gasteiger partial charge is 0.329 e. The molecule has 0 radical (unpaired) electrons. The fraction of sp³-hybridized carbons (Fsp3) is 0.143. The Morgan fingerprint density at radius 1 is 1.22 bits per heavy atom. The van der Waals surface area contributed by atoms with Crippen LogP contribution in [0.5, 0.6) is 11.5 Å². The van der Waals surface area contributed by atoms with Crippen molar-refractivity contribution in [3.8, 4) is 11.5 Å². The van der Waals surface area contributed by atoms with Crippen molar-refractivity contribution < 1.29 is 19.1 Å². The summed E-state index contributed by atoms with van der Waals surface area (Å²) >= 11 is 1.21. The number of hydrazone groups is 1. The van der Waals surface area contributed by atoms with Crippen LogP contribution in [0.1, 0.15) is 5.56 Å². The lowest BCUT2D eigenvalue weighted by Gasteiger charge is -2.07. The predicted molar refractivity (Wildman–Crippen MR) is 86.0 cm³/mol. The Kier molecular flexibility index (Phi) is 5.64. The van der Waals surface area contributed by atoms with Crippen LogP contribution in [0, 0.1) is 0 Å². The predicted octanol–water partition coefficient (Wildman–Crippen LogP) is 1.25. The highest BCUT2D eigenvalue weighted by Crippen LogP contribution is 2.26. The molecule has 23 heavy (non-hydrogen) atoms. The molecule has 0 fully saturated rings. The Hall–Kier alpha value is -2.94. The van der Waals surface area contributed by atoms with Gasteiger partial charge in [0, 0.05) is 11.6 Å². The number of carbonyl (C=O) groups is 2. The quantitative estimate of drug-likeness (QED) is 0.487. The van der Waals surface area contributed by atoms with E-state index in [0.717, 1.165) is 0 Å². The van der Waals surface area contributed by atoms with Crippen molar-refractivity contribution in [2.45, 2.75) is 0 Å². The number of anilines is 1. The van der Waals surface area contributed by atoms with Gasteiger partial charge in [-0.2, -0.15) is 5.10 Å². The van der Waals surface area contributed by atoms with E-state index in [-0.39, 0.29) is 0 Å². The molecule has 1 aromatic carbocycles. The van der Waals surface area contributed by atoms with E-state index in [1.807, 2.05) is 0 Å². The number of nitrogens with zero attached hydrogens (tertiary/aromatic N) is 2. The Morgan fingerprint density at radius 3 is 2.65 bits per heavy atom. The molecule has 0 unspecified atom stereocenters. The minimum absolute atomic E-state index is 0.342. The summed E-state index contributed by atoms with van der Waals surface area (Å²) in [7, 11) is 3.05. The van der Waals surface area contributed by atoms with Gasteiger partial charge in [-0.15, -0.1) is 11.3 Å². The molecular weight excluding hydrogens is 320 g/mol. The summed E-state index contributed by atoms with van der Waals surface area (Å²) in [6, 6.07) is 5.12. The molecule has 0 aliphatic carbocycles. The van der Waals surface area contributed by atoms with E-state index in [1.165, 1.54) is 38.0 Å². The van der Waals surface area contributed by atoms with Gasteiger partial charge in [-0.3, -0.25) is 14.9 Å². The van der Waals surface area contributed by atoms with Gasteiger partial charge in [0.15, 0.2) is 16.6 Å². The Balaban J connectivity index is 1.93. The standard InChI is InChI=1S/C14H14N4O4S/c1-21-10-4-3-9(7-11(10)22-2)8-16-18-13(20)12(19)17-14-15-5-6-23-14/h3-8H,1-2H3,(H,18,20)(H,15,17,19)/b16-8-. The topological polar surface area (TPSA) is 102 Å².